The molecular weight excluding hydrogens is 412 g/mol. The van der Waals surface area contributed by atoms with Crippen molar-refractivity contribution in [2.24, 2.45) is 11.8 Å². The molecule has 0 aliphatic carbocycles. The maximum absolute atomic E-state index is 13.7. The van der Waals surface area contributed by atoms with Crippen LogP contribution in [-0.2, 0) is 23.9 Å². The first-order valence-electron chi connectivity index (χ1n) is 12.5. The van der Waals surface area contributed by atoms with Gasteiger partial charge in [0.2, 0.25) is 11.8 Å². The number of carbonyl (C=O) groups is 3. The molecular formula is C24H40N2O6. The van der Waals surface area contributed by atoms with Gasteiger partial charge in [0.05, 0.1) is 18.1 Å². The summed E-state index contributed by atoms with van der Waals surface area (Å²) in [5, 5.41) is 12.1. The van der Waals surface area contributed by atoms with Crippen LogP contribution >= 0.6 is 0 Å². The molecule has 0 aromatic carbocycles. The van der Waals surface area contributed by atoms with E-state index in [-0.39, 0.29) is 25.0 Å². The molecule has 0 aromatic rings. The Hall–Kier alpha value is -1.67. The highest BCUT2D eigenvalue weighted by Crippen LogP contribution is 2.64. The summed E-state index contributed by atoms with van der Waals surface area (Å²) in [6.45, 7) is 7.18. The number of unbranched alkanes of at least 4 members (excludes halogenated alkanes) is 4. The van der Waals surface area contributed by atoms with Gasteiger partial charge < -0.3 is 24.8 Å². The van der Waals surface area contributed by atoms with Crippen molar-refractivity contribution >= 4 is 17.8 Å². The number of nitrogens with one attached hydrogen (secondary N) is 1. The Morgan fingerprint density at radius 3 is 2.59 bits per heavy atom. The van der Waals surface area contributed by atoms with Crippen LogP contribution < -0.4 is 5.32 Å². The second-order valence-corrected chi connectivity index (χ2v) is 9.40. The number of aliphatic hydroxyl groups excluding tert-OH is 1. The van der Waals surface area contributed by atoms with E-state index in [2.05, 4.69) is 12.2 Å². The van der Waals surface area contributed by atoms with Gasteiger partial charge in [-0.25, -0.2) is 0 Å². The monoisotopic (exact) mass is 452 g/mol. The average molecular weight is 453 g/mol. The van der Waals surface area contributed by atoms with Crippen molar-refractivity contribution in [3.8, 4) is 0 Å². The van der Waals surface area contributed by atoms with Crippen molar-refractivity contribution in [2.75, 3.05) is 26.3 Å². The van der Waals surface area contributed by atoms with Crippen molar-refractivity contribution in [2.45, 2.75) is 95.8 Å². The fraction of sp³-hybridized carbons (Fsp3) is 0.875. The molecule has 8 heteroatoms. The number of esters is 1. The molecule has 3 aliphatic rings. The molecule has 3 aliphatic heterocycles. The summed E-state index contributed by atoms with van der Waals surface area (Å²) in [4.78, 5) is 41.8. The van der Waals surface area contributed by atoms with Gasteiger partial charge in [0.1, 0.15) is 17.6 Å². The van der Waals surface area contributed by atoms with E-state index in [4.69, 9.17) is 14.6 Å². The minimum Gasteiger partial charge on any atom is -0.466 e. The second kappa shape index (κ2) is 10.5. The summed E-state index contributed by atoms with van der Waals surface area (Å²) >= 11 is 0. The van der Waals surface area contributed by atoms with Crippen LogP contribution in [0.4, 0.5) is 0 Å². The van der Waals surface area contributed by atoms with Crippen molar-refractivity contribution < 1.29 is 29.0 Å². The molecule has 0 radical (unpaired) electrons. The van der Waals surface area contributed by atoms with E-state index >= 15 is 0 Å². The number of likely N-dealkylation sites (tertiary alicyclic amines) is 1. The molecule has 2 amide bonds. The second-order valence-electron chi connectivity index (χ2n) is 9.40. The van der Waals surface area contributed by atoms with Crippen LogP contribution in [0.3, 0.4) is 0 Å². The van der Waals surface area contributed by atoms with Gasteiger partial charge in [-0.15, -0.1) is 0 Å². The van der Waals surface area contributed by atoms with E-state index in [1.807, 2.05) is 6.92 Å². The molecule has 0 saturated carbocycles. The molecule has 0 aromatic heterocycles. The van der Waals surface area contributed by atoms with Gasteiger partial charge in [-0.05, 0) is 51.9 Å². The molecule has 3 heterocycles. The van der Waals surface area contributed by atoms with E-state index in [1.54, 1.807) is 11.8 Å². The third-order valence-corrected chi connectivity index (χ3v) is 7.61. The lowest BCUT2D eigenvalue weighted by Crippen LogP contribution is -2.55. The first-order valence-corrected chi connectivity index (χ1v) is 12.5. The van der Waals surface area contributed by atoms with Crippen LogP contribution in [-0.4, -0.2) is 71.3 Å². The van der Waals surface area contributed by atoms with Crippen LogP contribution in [0.25, 0.3) is 0 Å². The van der Waals surface area contributed by atoms with Gasteiger partial charge >= 0.3 is 5.97 Å². The molecule has 8 nitrogen and oxygen atoms in total. The molecule has 1 spiro atoms. The van der Waals surface area contributed by atoms with Gasteiger partial charge in [0, 0.05) is 19.7 Å². The fourth-order valence-electron chi connectivity index (χ4n) is 6.10. The lowest BCUT2D eigenvalue weighted by Gasteiger charge is -2.33. The number of rotatable bonds is 13. The third-order valence-electron chi connectivity index (χ3n) is 7.61. The average Bonchev–Trinajstić information content (AvgIpc) is 3.38. The van der Waals surface area contributed by atoms with E-state index in [9.17, 15) is 14.4 Å². The van der Waals surface area contributed by atoms with Crippen molar-refractivity contribution in [3.05, 3.63) is 0 Å². The van der Waals surface area contributed by atoms with Crippen molar-refractivity contribution in [1.82, 2.24) is 10.2 Å². The van der Waals surface area contributed by atoms with Gasteiger partial charge in [-0.3, -0.25) is 14.4 Å². The Kier molecular flexibility index (Phi) is 8.20. The molecule has 2 N–H and O–H groups in total. The number of fused-ring (bicyclic) bond motifs is 1. The SMILES string of the molecule is CCCCCNC(=O)C1N(CCCCCO)C(=O)[C@@H]2[C@H](C(=O)OCC)[C@]3(CC)CCC12O3. The zero-order valence-electron chi connectivity index (χ0n) is 19.9. The zero-order valence-corrected chi connectivity index (χ0v) is 19.9. The molecule has 3 fully saturated rings. The smallest absolute Gasteiger partial charge is 0.312 e. The van der Waals surface area contributed by atoms with Crippen molar-refractivity contribution in [3.63, 3.8) is 0 Å². The Morgan fingerprint density at radius 2 is 1.94 bits per heavy atom. The standard InChI is InChI=1S/C24H40N2O6/c1-4-7-9-14-25-20(28)19-24-13-12-23(5-2,32-24)18(22(30)31-6-3)17(24)21(29)26(19)15-10-8-11-16-27/h17-19,27H,4-16H2,1-3H3,(H,25,28)/t17-,18+,19?,23-,24?/m0/s1. The Labute approximate surface area is 191 Å². The molecule has 3 rings (SSSR count). The summed E-state index contributed by atoms with van der Waals surface area (Å²) < 4.78 is 12.0. The number of carbonyl (C=O) groups excluding carboxylic acids is 3. The van der Waals surface area contributed by atoms with Crippen LogP contribution in [0, 0.1) is 11.8 Å². The maximum Gasteiger partial charge on any atom is 0.312 e. The number of hydrogen-bond donors (Lipinski definition) is 2. The number of ether oxygens (including phenoxy) is 2. The molecule has 5 atom stereocenters. The van der Waals surface area contributed by atoms with E-state index in [0.29, 0.717) is 45.2 Å². The Morgan fingerprint density at radius 1 is 1.16 bits per heavy atom. The lowest BCUT2D eigenvalue weighted by molar-refractivity contribution is -0.160. The zero-order chi connectivity index (χ0) is 23.4. The van der Waals surface area contributed by atoms with Gasteiger partial charge in [-0.2, -0.15) is 0 Å². The molecule has 182 valence electrons. The predicted molar refractivity (Wildman–Crippen MR) is 119 cm³/mol. The largest absolute Gasteiger partial charge is 0.466 e. The summed E-state index contributed by atoms with van der Waals surface area (Å²) in [6.07, 6.45) is 6.94. The molecule has 2 unspecified atom stereocenters. The summed E-state index contributed by atoms with van der Waals surface area (Å²) in [5.74, 6) is -2.10. The summed E-state index contributed by atoms with van der Waals surface area (Å²) in [7, 11) is 0. The Bertz CT molecular complexity index is 700. The van der Waals surface area contributed by atoms with Gasteiger partial charge in [-0.1, -0.05) is 26.7 Å². The lowest BCUT2D eigenvalue weighted by atomic mass is 9.65. The van der Waals surface area contributed by atoms with Gasteiger partial charge in [0.15, 0.2) is 0 Å². The number of nitrogens with zero attached hydrogens (tertiary/aromatic N) is 1. The minimum absolute atomic E-state index is 0.106. The van der Waals surface area contributed by atoms with E-state index in [1.165, 1.54) is 0 Å². The highest BCUT2D eigenvalue weighted by atomic mass is 16.6. The number of hydrogen-bond acceptors (Lipinski definition) is 6. The topological polar surface area (TPSA) is 105 Å². The van der Waals surface area contributed by atoms with Crippen LogP contribution in [0.5, 0.6) is 0 Å². The minimum atomic E-state index is -0.976. The van der Waals surface area contributed by atoms with E-state index < -0.39 is 35.0 Å². The van der Waals surface area contributed by atoms with Crippen LogP contribution in [0.1, 0.15) is 78.6 Å². The molecule has 32 heavy (non-hydrogen) atoms. The van der Waals surface area contributed by atoms with Crippen LogP contribution in [0.15, 0.2) is 0 Å². The molecule has 3 saturated heterocycles. The molecule has 2 bridgehead atoms. The first-order chi connectivity index (χ1) is 15.4. The number of aliphatic hydroxyl groups is 1. The van der Waals surface area contributed by atoms with E-state index in [0.717, 1.165) is 25.7 Å². The first kappa shape index (κ1) is 25.0. The summed E-state index contributed by atoms with van der Waals surface area (Å²) in [6, 6.07) is -0.733. The third kappa shape index (κ3) is 4.16. The number of amides is 2. The fourth-order valence-corrected chi connectivity index (χ4v) is 6.10. The van der Waals surface area contributed by atoms with Crippen LogP contribution in [0.2, 0.25) is 0 Å². The van der Waals surface area contributed by atoms with Crippen molar-refractivity contribution in [1.29, 1.82) is 0 Å². The predicted octanol–water partition coefficient (Wildman–Crippen LogP) is 2.17. The highest BCUT2D eigenvalue weighted by Gasteiger charge is 2.78. The Balaban J connectivity index is 1.90. The normalized spacial score (nSPS) is 32.9. The highest BCUT2D eigenvalue weighted by molar-refractivity contribution is 5.98. The van der Waals surface area contributed by atoms with Gasteiger partial charge in [0.25, 0.3) is 0 Å². The quantitative estimate of drug-likeness (QED) is 0.328. The maximum atomic E-state index is 13.7. The summed E-state index contributed by atoms with van der Waals surface area (Å²) in [5.41, 5.74) is -1.72.